The Morgan fingerprint density at radius 1 is 1.10 bits per heavy atom. The van der Waals surface area contributed by atoms with Gasteiger partial charge in [-0.1, -0.05) is 0 Å². The van der Waals surface area contributed by atoms with E-state index in [0.29, 0.717) is 11.5 Å². The van der Waals surface area contributed by atoms with Crippen molar-refractivity contribution in [2.45, 2.75) is 69.4 Å². The minimum Gasteiger partial charge on any atom is -0.331 e. The van der Waals surface area contributed by atoms with Gasteiger partial charge in [0.05, 0.1) is 0 Å². The molecule has 20 heavy (non-hydrogen) atoms. The molecule has 0 saturated heterocycles. The third-order valence-corrected chi connectivity index (χ3v) is 6.65. The van der Waals surface area contributed by atoms with E-state index in [1.165, 1.54) is 50.0 Å². The zero-order valence-corrected chi connectivity index (χ0v) is 12.2. The lowest BCUT2D eigenvalue weighted by Crippen LogP contribution is -2.50. The Hall–Kier alpha value is -0.830. The highest BCUT2D eigenvalue weighted by Gasteiger charge is 2.53. The highest BCUT2D eigenvalue weighted by Crippen LogP contribution is 2.60. The van der Waals surface area contributed by atoms with Crippen LogP contribution in [-0.2, 0) is 18.4 Å². The van der Waals surface area contributed by atoms with Crippen LogP contribution in [0, 0.1) is 17.8 Å². The first-order valence-electron chi connectivity index (χ1n) is 8.52. The predicted molar refractivity (Wildman–Crippen MR) is 78.4 cm³/mol. The highest BCUT2D eigenvalue weighted by atomic mass is 15.1. The Morgan fingerprint density at radius 2 is 1.75 bits per heavy atom. The molecule has 5 aliphatic rings. The zero-order valence-electron chi connectivity index (χ0n) is 12.2. The number of fused-ring (bicyclic) bond motifs is 1. The van der Waals surface area contributed by atoms with Crippen molar-refractivity contribution in [3.63, 3.8) is 0 Å². The second-order valence-electron chi connectivity index (χ2n) is 8.18. The zero-order chi connectivity index (χ0) is 13.3. The quantitative estimate of drug-likeness (QED) is 0.853. The van der Waals surface area contributed by atoms with Crippen LogP contribution in [-0.4, -0.2) is 15.6 Å². The molecule has 1 aromatic rings. The van der Waals surface area contributed by atoms with Gasteiger partial charge in [-0.05, 0) is 62.7 Å². The van der Waals surface area contributed by atoms with E-state index in [4.69, 9.17) is 10.7 Å². The van der Waals surface area contributed by atoms with Crippen LogP contribution in [0.5, 0.6) is 0 Å². The van der Waals surface area contributed by atoms with Crippen molar-refractivity contribution in [3.8, 4) is 0 Å². The first-order chi connectivity index (χ1) is 9.72. The maximum atomic E-state index is 6.12. The van der Waals surface area contributed by atoms with Crippen molar-refractivity contribution in [2.24, 2.45) is 23.5 Å². The maximum absolute atomic E-state index is 6.12. The van der Waals surface area contributed by atoms with Crippen LogP contribution < -0.4 is 5.73 Å². The maximum Gasteiger partial charge on any atom is 0.115 e. The van der Waals surface area contributed by atoms with Crippen molar-refractivity contribution in [1.82, 2.24) is 9.55 Å². The first-order valence-corrected chi connectivity index (χ1v) is 8.52. The summed E-state index contributed by atoms with van der Waals surface area (Å²) in [6.07, 6.45) is 13.1. The molecule has 0 amide bonds. The third kappa shape index (κ3) is 1.53. The lowest BCUT2D eigenvalue weighted by atomic mass is 9.49. The van der Waals surface area contributed by atoms with Crippen molar-refractivity contribution >= 4 is 0 Å². The summed E-state index contributed by atoms with van der Waals surface area (Å²) in [5.41, 5.74) is 7.96. The van der Waals surface area contributed by atoms with E-state index in [-0.39, 0.29) is 0 Å². The third-order valence-electron chi connectivity index (χ3n) is 6.65. The van der Waals surface area contributed by atoms with Gasteiger partial charge in [0, 0.05) is 36.3 Å². The van der Waals surface area contributed by atoms with Crippen LogP contribution >= 0.6 is 0 Å². The van der Waals surface area contributed by atoms with Crippen molar-refractivity contribution < 1.29 is 0 Å². The molecule has 4 aliphatic carbocycles. The van der Waals surface area contributed by atoms with Crippen LogP contribution in [0.4, 0.5) is 0 Å². The number of nitrogens with two attached hydrogens (primary N) is 1. The second kappa shape index (κ2) is 3.88. The van der Waals surface area contributed by atoms with E-state index in [0.717, 1.165) is 37.1 Å². The Balaban J connectivity index is 1.57. The number of hydrogen-bond acceptors (Lipinski definition) is 2. The Kier molecular flexibility index (Phi) is 2.29. The Bertz CT molecular complexity index is 509. The van der Waals surface area contributed by atoms with Crippen molar-refractivity contribution in [2.75, 3.05) is 0 Å². The molecule has 0 aromatic carbocycles. The van der Waals surface area contributed by atoms with Crippen LogP contribution in [0.1, 0.15) is 56.5 Å². The van der Waals surface area contributed by atoms with Gasteiger partial charge in [0.1, 0.15) is 5.82 Å². The van der Waals surface area contributed by atoms with Gasteiger partial charge >= 0.3 is 0 Å². The van der Waals surface area contributed by atoms with Gasteiger partial charge in [-0.3, -0.25) is 0 Å². The fourth-order valence-corrected chi connectivity index (χ4v) is 6.30. The van der Waals surface area contributed by atoms with Gasteiger partial charge in [-0.2, -0.15) is 0 Å². The Morgan fingerprint density at radius 3 is 2.40 bits per heavy atom. The molecule has 3 nitrogen and oxygen atoms in total. The largest absolute Gasteiger partial charge is 0.331 e. The minimum atomic E-state index is 0.350. The summed E-state index contributed by atoms with van der Waals surface area (Å²) in [5.74, 6) is 4.44. The smallest absolute Gasteiger partial charge is 0.115 e. The van der Waals surface area contributed by atoms with Gasteiger partial charge in [0.15, 0.2) is 0 Å². The van der Waals surface area contributed by atoms with Crippen LogP contribution in [0.25, 0.3) is 0 Å². The molecule has 3 heteroatoms. The SMILES string of the molecule is NC1CCn2c(cnc2C23CC4CC(CC(C4)C2)C3)C1. The van der Waals surface area contributed by atoms with Gasteiger partial charge in [-0.15, -0.1) is 0 Å². The molecule has 6 rings (SSSR count). The molecule has 0 radical (unpaired) electrons. The van der Waals surface area contributed by atoms with Gasteiger partial charge in [-0.25, -0.2) is 4.98 Å². The second-order valence-corrected chi connectivity index (χ2v) is 8.18. The highest BCUT2D eigenvalue weighted by molar-refractivity contribution is 5.22. The summed E-state index contributed by atoms with van der Waals surface area (Å²) in [4.78, 5) is 4.93. The summed E-state index contributed by atoms with van der Waals surface area (Å²) in [6, 6.07) is 0.350. The molecular weight excluding hydrogens is 246 g/mol. The molecule has 108 valence electrons. The number of imidazole rings is 1. The molecular formula is C17H25N3. The van der Waals surface area contributed by atoms with E-state index < -0.39 is 0 Å². The van der Waals surface area contributed by atoms with E-state index in [9.17, 15) is 0 Å². The van der Waals surface area contributed by atoms with E-state index in [2.05, 4.69) is 10.8 Å². The molecule has 1 unspecified atom stereocenters. The minimum absolute atomic E-state index is 0.350. The predicted octanol–water partition coefficient (Wildman–Crippen LogP) is 2.62. The number of hydrogen-bond donors (Lipinski definition) is 1. The van der Waals surface area contributed by atoms with Crippen LogP contribution in [0.3, 0.4) is 0 Å². The molecule has 1 aliphatic heterocycles. The molecule has 4 saturated carbocycles. The fourth-order valence-electron chi connectivity index (χ4n) is 6.30. The van der Waals surface area contributed by atoms with Crippen LogP contribution in [0.2, 0.25) is 0 Å². The van der Waals surface area contributed by atoms with E-state index in [1.807, 2.05) is 0 Å². The van der Waals surface area contributed by atoms with Gasteiger partial charge < -0.3 is 10.3 Å². The summed E-state index contributed by atoms with van der Waals surface area (Å²) in [6.45, 7) is 1.10. The van der Waals surface area contributed by atoms with Crippen molar-refractivity contribution in [3.05, 3.63) is 17.7 Å². The molecule has 1 atom stereocenters. The molecule has 2 N–H and O–H groups in total. The number of rotatable bonds is 1. The molecule has 0 spiro atoms. The van der Waals surface area contributed by atoms with E-state index in [1.54, 1.807) is 0 Å². The molecule has 4 fully saturated rings. The fraction of sp³-hybridized carbons (Fsp3) is 0.824. The van der Waals surface area contributed by atoms with Gasteiger partial charge in [0.25, 0.3) is 0 Å². The van der Waals surface area contributed by atoms with E-state index >= 15 is 0 Å². The number of aromatic nitrogens is 2. The standard InChI is InChI=1S/C17H25N3/c18-14-1-2-20-15(6-14)10-19-16(20)17-7-11-3-12(8-17)5-13(4-11)9-17/h10-14H,1-9,18H2. The normalized spacial score (nSPS) is 45.6. The first kappa shape index (κ1) is 11.8. The summed E-state index contributed by atoms with van der Waals surface area (Å²) in [5, 5.41) is 0. The molecule has 4 bridgehead atoms. The van der Waals surface area contributed by atoms with Crippen molar-refractivity contribution in [1.29, 1.82) is 0 Å². The van der Waals surface area contributed by atoms with Gasteiger partial charge in [0.2, 0.25) is 0 Å². The summed E-state index contributed by atoms with van der Waals surface area (Å²) in [7, 11) is 0. The topological polar surface area (TPSA) is 43.8 Å². The summed E-state index contributed by atoms with van der Waals surface area (Å²) < 4.78 is 2.55. The summed E-state index contributed by atoms with van der Waals surface area (Å²) >= 11 is 0. The molecule has 2 heterocycles. The van der Waals surface area contributed by atoms with Crippen LogP contribution in [0.15, 0.2) is 6.20 Å². The average molecular weight is 271 g/mol. The average Bonchev–Trinajstić information content (AvgIpc) is 2.80. The Labute approximate surface area is 120 Å². The lowest BCUT2D eigenvalue weighted by Gasteiger charge is -2.56. The lowest BCUT2D eigenvalue weighted by molar-refractivity contribution is -0.0113. The monoisotopic (exact) mass is 271 g/mol. The molecule has 1 aromatic heterocycles. The number of nitrogens with zero attached hydrogens (tertiary/aromatic N) is 2.